The molecule has 1 aliphatic carbocycles. The van der Waals surface area contributed by atoms with Crippen molar-refractivity contribution in [1.82, 2.24) is 24.6 Å². The zero-order chi connectivity index (χ0) is 21.3. The number of aromatic nitrogens is 3. The molecule has 0 unspecified atom stereocenters. The van der Waals surface area contributed by atoms with Crippen LogP contribution in [0.1, 0.15) is 46.1 Å². The standard InChI is InChI=1S/C21H27N5O3S/c1-24-15(6-9-23-24)5-8-22-20(28)19-17-7-10-25(18(27)13-30-2)11-14(17)12-26(21(19)29)16-3-4-16/h6,9,12,16H,3-5,7-8,10-11,13H2,1-2H3,(H,22,28). The molecule has 0 spiro atoms. The number of nitrogens with zero attached hydrogens (tertiary/aromatic N) is 4. The Morgan fingerprint density at radius 1 is 1.33 bits per heavy atom. The molecule has 1 aliphatic heterocycles. The Balaban J connectivity index is 1.57. The molecule has 2 aromatic heterocycles. The summed E-state index contributed by atoms with van der Waals surface area (Å²) in [5.74, 6) is 0.218. The van der Waals surface area contributed by atoms with E-state index < -0.39 is 0 Å². The number of thioether (sulfide) groups is 1. The van der Waals surface area contributed by atoms with Crippen LogP contribution in [0.3, 0.4) is 0 Å². The highest BCUT2D eigenvalue weighted by Crippen LogP contribution is 2.34. The Bertz CT molecular complexity index is 1020. The van der Waals surface area contributed by atoms with E-state index in [4.69, 9.17) is 0 Å². The molecule has 160 valence electrons. The lowest BCUT2D eigenvalue weighted by molar-refractivity contribution is -0.129. The Morgan fingerprint density at radius 3 is 2.80 bits per heavy atom. The van der Waals surface area contributed by atoms with Gasteiger partial charge < -0.3 is 14.8 Å². The second-order valence-electron chi connectivity index (χ2n) is 7.90. The van der Waals surface area contributed by atoms with Crippen molar-refractivity contribution in [2.45, 2.75) is 38.3 Å². The predicted octanol–water partition coefficient (Wildman–Crippen LogP) is 1.14. The topological polar surface area (TPSA) is 89.2 Å². The van der Waals surface area contributed by atoms with Crippen molar-refractivity contribution < 1.29 is 9.59 Å². The minimum Gasteiger partial charge on any atom is -0.351 e. The molecule has 2 amide bonds. The van der Waals surface area contributed by atoms with Crippen molar-refractivity contribution in [1.29, 1.82) is 0 Å². The number of pyridine rings is 1. The average molecular weight is 430 g/mol. The number of amides is 2. The van der Waals surface area contributed by atoms with Gasteiger partial charge in [0, 0.05) is 57.2 Å². The monoisotopic (exact) mass is 429 g/mol. The van der Waals surface area contributed by atoms with Crippen LogP contribution >= 0.6 is 11.8 Å². The first-order valence-electron chi connectivity index (χ1n) is 10.3. The molecule has 1 fully saturated rings. The Kier molecular flexibility index (Phi) is 5.99. The van der Waals surface area contributed by atoms with Gasteiger partial charge in [0.25, 0.3) is 11.5 Å². The fourth-order valence-electron chi connectivity index (χ4n) is 4.00. The van der Waals surface area contributed by atoms with E-state index >= 15 is 0 Å². The number of nitrogens with one attached hydrogen (secondary N) is 1. The van der Waals surface area contributed by atoms with Crippen LogP contribution in [0.25, 0.3) is 0 Å². The van der Waals surface area contributed by atoms with Gasteiger partial charge in [0.15, 0.2) is 0 Å². The molecule has 30 heavy (non-hydrogen) atoms. The number of carbonyl (C=O) groups is 2. The van der Waals surface area contributed by atoms with Crippen LogP contribution in [0.2, 0.25) is 0 Å². The average Bonchev–Trinajstić information content (AvgIpc) is 3.49. The van der Waals surface area contributed by atoms with Crippen LogP contribution in [-0.2, 0) is 31.2 Å². The number of rotatable bonds is 7. The first kappa shape index (κ1) is 20.7. The van der Waals surface area contributed by atoms with Crippen molar-refractivity contribution in [2.75, 3.05) is 25.1 Å². The van der Waals surface area contributed by atoms with E-state index in [1.807, 2.05) is 30.5 Å². The number of aryl methyl sites for hydroxylation is 1. The molecule has 0 atom stereocenters. The summed E-state index contributed by atoms with van der Waals surface area (Å²) in [6.45, 7) is 1.43. The zero-order valence-corrected chi connectivity index (χ0v) is 18.2. The van der Waals surface area contributed by atoms with Gasteiger partial charge in [-0.15, -0.1) is 0 Å². The lowest BCUT2D eigenvalue weighted by Gasteiger charge is -2.30. The molecule has 1 saturated carbocycles. The lowest BCUT2D eigenvalue weighted by Crippen LogP contribution is -2.42. The van der Waals surface area contributed by atoms with E-state index in [2.05, 4.69) is 10.4 Å². The fraction of sp³-hybridized carbons (Fsp3) is 0.524. The van der Waals surface area contributed by atoms with Crippen LogP contribution in [-0.4, -0.2) is 56.2 Å². The van der Waals surface area contributed by atoms with Crippen molar-refractivity contribution in [3.8, 4) is 0 Å². The van der Waals surface area contributed by atoms with E-state index in [0.29, 0.717) is 38.2 Å². The molecule has 0 saturated heterocycles. The lowest BCUT2D eigenvalue weighted by atomic mass is 9.96. The van der Waals surface area contributed by atoms with Crippen LogP contribution in [0.4, 0.5) is 0 Å². The number of carbonyl (C=O) groups excluding carboxylic acids is 2. The Hall–Kier alpha value is -2.55. The second kappa shape index (κ2) is 8.67. The highest BCUT2D eigenvalue weighted by Gasteiger charge is 2.32. The third-order valence-electron chi connectivity index (χ3n) is 5.80. The highest BCUT2D eigenvalue weighted by molar-refractivity contribution is 7.99. The molecule has 2 aromatic rings. The first-order chi connectivity index (χ1) is 14.5. The summed E-state index contributed by atoms with van der Waals surface area (Å²) in [7, 11) is 1.86. The largest absolute Gasteiger partial charge is 0.351 e. The van der Waals surface area contributed by atoms with Crippen molar-refractivity contribution >= 4 is 23.6 Å². The summed E-state index contributed by atoms with van der Waals surface area (Å²) in [5.41, 5.74) is 2.77. The van der Waals surface area contributed by atoms with Gasteiger partial charge in [-0.05, 0) is 42.7 Å². The maximum absolute atomic E-state index is 13.1. The van der Waals surface area contributed by atoms with Gasteiger partial charge in [-0.2, -0.15) is 16.9 Å². The maximum Gasteiger partial charge on any atom is 0.263 e. The normalized spacial score (nSPS) is 15.7. The first-order valence-corrected chi connectivity index (χ1v) is 11.7. The van der Waals surface area contributed by atoms with Gasteiger partial charge in [0.2, 0.25) is 5.91 Å². The summed E-state index contributed by atoms with van der Waals surface area (Å²) in [5, 5.41) is 7.05. The van der Waals surface area contributed by atoms with E-state index in [-0.39, 0.29) is 29.0 Å². The molecule has 2 aliphatic rings. The highest BCUT2D eigenvalue weighted by atomic mass is 32.2. The minimum absolute atomic E-state index is 0.0968. The van der Waals surface area contributed by atoms with Crippen molar-refractivity contribution in [3.05, 3.63) is 51.2 Å². The van der Waals surface area contributed by atoms with E-state index in [0.717, 1.165) is 29.7 Å². The van der Waals surface area contributed by atoms with Gasteiger partial charge in [0.05, 0.1) is 5.75 Å². The number of hydrogen-bond acceptors (Lipinski definition) is 5. The van der Waals surface area contributed by atoms with Crippen LogP contribution in [0.15, 0.2) is 23.3 Å². The van der Waals surface area contributed by atoms with Crippen LogP contribution in [0.5, 0.6) is 0 Å². The molecule has 3 heterocycles. The van der Waals surface area contributed by atoms with E-state index in [1.54, 1.807) is 15.4 Å². The van der Waals surface area contributed by atoms with Gasteiger partial charge in [-0.3, -0.25) is 19.1 Å². The zero-order valence-electron chi connectivity index (χ0n) is 17.4. The molecule has 0 radical (unpaired) electrons. The summed E-state index contributed by atoms with van der Waals surface area (Å²) in [6, 6.07) is 2.08. The maximum atomic E-state index is 13.1. The minimum atomic E-state index is -0.322. The third kappa shape index (κ3) is 4.16. The molecule has 0 aromatic carbocycles. The van der Waals surface area contributed by atoms with Gasteiger partial charge in [-0.1, -0.05) is 0 Å². The second-order valence-corrected chi connectivity index (χ2v) is 8.77. The summed E-state index contributed by atoms with van der Waals surface area (Å²) < 4.78 is 3.48. The Morgan fingerprint density at radius 2 is 2.13 bits per heavy atom. The molecule has 1 N–H and O–H groups in total. The molecular weight excluding hydrogens is 402 g/mol. The molecular formula is C21H27N5O3S. The predicted molar refractivity (Wildman–Crippen MR) is 116 cm³/mol. The van der Waals surface area contributed by atoms with Crippen LogP contribution in [0, 0.1) is 0 Å². The van der Waals surface area contributed by atoms with Gasteiger partial charge >= 0.3 is 0 Å². The number of hydrogen-bond donors (Lipinski definition) is 1. The summed E-state index contributed by atoms with van der Waals surface area (Å²) in [6.07, 6.45) is 8.59. The van der Waals surface area contributed by atoms with E-state index in [9.17, 15) is 14.4 Å². The summed E-state index contributed by atoms with van der Waals surface area (Å²) in [4.78, 5) is 40.3. The summed E-state index contributed by atoms with van der Waals surface area (Å²) >= 11 is 1.51. The molecule has 9 heteroatoms. The van der Waals surface area contributed by atoms with Crippen molar-refractivity contribution in [2.24, 2.45) is 7.05 Å². The smallest absolute Gasteiger partial charge is 0.263 e. The fourth-order valence-corrected chi connectivity index (χ4v) is 4.43. The van der Waals surface area contributed by atoms with Gasteiger partial charge in [0.1, 0.15) is 5.56 Å². The van der Waals surface area contributed by atoms with E-state index in [1.165, 1.54) is 11.8 Å². The third-order valence-corrected chi connectivity index (χ3v) is 6.34. The molecule has 0 bridgehead atoms. The quantitative estimate of drug-likeness (QED) is 0.713. The van der Waals surface area contributed by atoms with Gasteiger partial charge in [-0.25, -0.2) is 0 Å². The Labute approximate surface area is 179 Å². The molecule has 4 rings (SSSR count). The molecule has 8 nitrogen and oxygen atoms in total. The SMILES string of the molecule is CSCC(=O)N1CCc2c(cn(C3CC3)c(=O)c2C(=O)NCCc2ccnn2C)C1. The van der Waals surface area contributed by atoms with Crippen molar-refractivity contribution in [3.63, 3.8) is 0 Å². The number of fused-ring (bicyclic) bond motifs is 1. The van der Waals surface area contributed by atoms with Crippen LogP contribution < -0.4 is 10.9 Å².